The van der Waals surface area contributed by atoms with E-state index in [0.717, 1.165) is 35.7 Å². The van der Waals surface area contributed by atoms with Gasteiger partial charge in [-0.25, -0.2) is 12.7 Å². The van der Waals surface area contributed by atoms with Crippen LogP contribution in [0.2, 0.25) is 0 Å². The fraction of sp³-hybridized carbons (Fsp3) is 0.500. The number of pyridine rings is 1. The summed E-state index contributed by atoms with van der Waals surface area (Å²) in [6.07, 6.45) is 4.14. The quantitative estimate of drug-likeness (QED) is 0.759. The maximum absolute atomic E-state index is 12.8. The summed E-state index contributed by atoms with van der Waals surface area (Å²) >= 11 is 0. The van der Waals surface area contributed by atoms with E-state index in [9.17, 15) is 8.42 Å². The van der Waals surface area contributed by atoms with Crippen molar-refractivity contribution >= 4 is 20.9 Å². The van der Waals surface area contributed by atoms with E-state index in [2.05, 4.69) is 4.98 Å². The third kappa shape index (κ3) is 4.55. The molecule has 2 N–H and O–H groups in total. The normalized spacial score (nSPS) is 17.2. The first-order valence-corrected chi connectivity index (χ1v) is 10.3. The Morgan fingerprint density at radius 2 is 1.96 bits per heavy atom. The first-order chi connectivity index (χ1) is 12.1. The van der Waals surface area contributed by atoms with Gasteiger partial charge in [0.25, 0.3) is 0 Å². The number of sulfonamides is 1. The highest BCUT2D eigenvalue weighted by molar-refractivity contribution is 7.88. The first-order valence-electron chi connectivity index (χ1n) is 8.72. The molecule has 25 heavy (non-hydrogen) atoms. The summed E-state index contributed by atoms with van der Waals surface area (Å²) in [6.45, 7) is 2.28. The molecule has 0 spiro atoms. The number of ether oxygens (including phenoxy) is 1. The largest absolute Gasteiger partial charge is 0.378 e. The summed E-state index contributed by atoms with van der Waals surface area (Å²) in [5, 5.41) is 0.960. The van der Waals surface area contributed by atoms with Crippen LogP contribution in [0.5, 0.6) is 0 Å². The molecular weight excluding hydrogens is 338 g/mol. The minimum absolute atomic E-state index is 0.0138. The van der Waals surface area contributed by atoms with Gasteiger partial charge in [0, 0.05) is 31.3 Å². The van der Waals surface area contributed by atoms with Gasteiger partial charge in [0.2, 0.25) is 10.0 Å². The summed E-state index contributed by atoms with van der Waals surface area (Å²) in [5.41, 5.74) is 6.97. The van der Waals surface area contributed by atoms with Gasteiger partial charge in [-0.2, -0.15) is 0 Å². The highest BCUT2D eigenvalue weighted by Crippen LogP contribution is 2.23. The van der Waals surface area contributed by atoms with E-state index < -0.39 is 10.0 Å². The van der Waals surface area contributed by atoms with Crippen molar-refractivity contribution in [2.24, 2.45) is 5.73 Å². The summed E-state index contributed by atoms with van der Waals surface area (Å²) in [6, 6.07) is 9.48. The number of aromatic nitrogens is 1. The number of piperidine rings is 1. The van der Waals surface area contributed by atoms with Crippen molar-refractivity contribution in [1.82, 2.24) is 9.29 Å². The molecule has 0 saturated carbocycles. The summed E-state index contributed by atoms with van der Waals surface area (Å²) in [5.74, 6) is -0.0138. The summed E-state index contributed by atoms with van der Waals surface area (Å²) in [4.78, 5) is 4.35. The van der Waals surface area contributed by atoms with Gasteiger partial charge in [-0.15, -0.1) is 0 Å². The summed E-state index contributed by atoms with van der Waals surface area (Å²) in [7, 11) is -3.36. The van der Waals surface area contributed by atoms with Crippen LogP contribution in [0.1, 0.15) is 24.8 Å². The van der Waals surface area contributed by atoms with Crippen LogP contribution in [0.3, 0.4) is 0 Å². The van der Waals surface area contributed by atoms with E-state index in [-0.39, 0.29) is 11.9 Å². The molecule has 6 nitrogen and oxygen atoms in total. The first kappa shape index (κ1) is 18.3. The molecule has 1 fully saturated rings. The zero-order valence-corrected chi connectivity index (χ0v) is 15.1. The van der Waals surface area contributed by atoms with E-state index in [0.29, 0.717) is 26.2 Å². The van der Waals surface area contributed by atoms with Crippen LogP contribution in [0.15, 0.2) is 36.5 Å². The number of hydrogen-bond acceptors (Lipinski definition) is 5. The van der Waals surface area contributed by atoms with Crippen LogP contribution in [0.4, 0.5) is 0 Å². The molecular formula is C18H25N3O3S. The van der Waals surface area contributed by atoms with Crippen molar-refractivity contribution < 1.29 is 13.2 Å². The Hall–Kier alpha value is -1.54. The standard InChI is InChI=1S/C18H25N3O3S/c19-9-3-13-24-17-7-11-21(12-8-17)25(22,23)14-16-5-1-4-15-6-2-10-20-18(15)16/h1-2,4-6,10,17H,3,7-9,11-14,19H2. The molecule has 1 aromatic heterocycles. The van der Waals surface area contributed by atoms with Crippen LogP contribution in [0.25, 0.3) is 10.9 Å². The van der Waals surface area contributed by atoms with Gasteiger partial charge in [0.1, 0.15) is 0 Å². The van der Waals surface area contributed by atoms with Crippen LogP contribution in [0, 0.1) is 0 Å². The molecule has 0 atom stereocenters. The number of hydrogen-bond donors (Lipinski definition) is 1. The average Bonchev–Trinajstić information content (AvgIpc) is 2.62. The molecule has 1 aromatic carbocycles. The average molecular weight is 363 g/mol. The maximum atomic E-state index is 12.8. The number of fused-ring (bicyclic) bond motifs is 1. The lowest BCUT2D eigenvalue weighted by molar-refractivity contribution is 0.0208. The minimum atomic E-state index is -3.36. The van der Waals surface area contributed by atoms with Gasteiger partial charge in [0.15, 0.2) is 0 Å². The van der Waals surface area contributed by atoms with Crippen LogP contribution in [-0.4, -0.2) is 50.1 Å². The molecule has 1 aliphatic heterocycles. The smallest absolute Gasteiger partial charge is 0.218 e. The van der Waals surface area contributed by atoms with Gasteiger partial charge in [-0.3, -0.25) is 4.98 Å². The molecule has 0 aliphatic carbocycles. The van der Waals surface area contributed by atoms with Crippen LogP contribution < -0.4 is 5.73 Å². The fourth-order valence-corrected chi connectivity index (χ4v) is 4.76. The Morgan fingerprint density at radius 3 is 2.72 bits per heavy atom. The predicted octanol–water partition coefficient (Wildman–Crippen LogP) is 1.89. The summed E-state index contributed by atoms with van der Waals surface area (Å²) < 4.78 is 32.9. The second-order valence-corrected chi connectivity index (χ2v) is 8.33. The molecule has 2 aromatic rings. The lowest BCUT2D eigenvalue weighted by atomic mass is 10.1. The SMILES string of the molecule is NCCCOC1CCN(S(=O)(=O)Cc2cccc3cccnc23)CC1. The lowest BCUT2D eigenvalue weighted by Crippen LogP contribution is -2.41. The van der Waals surface area contributed by atoms with Gasteiger partial charge < -0.3 is 10.5 Å². The van der Waals surface area contributed by atoms with E-state index in [1.807, 2.05) is 30.3 Å². The van der Waals surface area contributed by atoms with Crippen molar-refractivity contribution in [3.63, 3.8) is 0 Å². The topological polar surface area (TPSA) is 85.5 Å². The van der Waals surface area contributed by atoms with Crippen molar-refractivity contribution in [2.45, 2.75) is 31.1 Å². The molecule has 7 heteroatoms. The van der Waals surface area contributed by atoms with Gasteiger partial charge >= 0.3 is 0 Å². The van der Waals surface area contributed by atoms with Crippen LogP contribution >= 0.6 is 0 Å². The Labute approximate surface area is 149 Å². The molecule has 2 heterocycles. The van der Waals surface area contributed by atoms with E-state index in [4.69, 9.17) is 10.5 Å². The molecule has 0 unspecified atom stereocenters. The third-order valence-electron chi connectivity index (χ3n) is 4.55. The lowest BCUT2D eigenvalue weighted by Gasteiger charge is -2.31. The van der Waals surface area contributed by atoms with Crippen molar-refractivity contribution in [3.05, 3.63) is 42.1 Å². The Balaban J connectivity index is 1.65. The highest BCUT2D eigenvalue weighted by atomic mass is 32.2. The fourth-order valence-electron chi connectivity index (χ4n) is 3.18. The number of nitrogens with zero attached hydrogens (tertiary/aromatic N) is 2. The third-order valence-corrected chi connectivity index (χ3v) is 6.38. The van der Waals surface area contributed by atoms with Crippen LogP contribution in [-0.2, 0) is 20.5 Å². The Kier molecular flexibility index (Phi) is 6.01. The van der Waals surface area contributed by atoms with Gasteiger partial charge in [0.05, 0.1) is 17.4 Å². The van der Waals surface area contributed by atoms with Crippen molar-refractivity contribution in [1.29, 1.82) is 0 Å². The van der Waals surface area contributed by atoms with Crippen molar-refractivity contribution in [3.8, 4) is 0 Å². The number of para-hydroxylation sites is 1. The van der Waals surface area contributed by atoms with Gasteiger partial charge in [-0.1, -0.05) is 24.3 Å². The zero-order valence-electron chi connectivity index (χ0n) is 14.3. The maximum Gasteiger partial charge on any atom is 0.218 e. The molecule has 3 rings (SSSR count). The Bertz CT molecular complexity index is 797. The monoisotopic (exact) mass is 363 g/mol. The van der Waals surface area contributed by atoms with E-state index in [1.54, 1.807) is 10.5 Å². The molecule has 1 saturated heterocycles. The second-order valence-electron chi connectivity index (χ2n) is 6.36. The molecule has 0 amide bonds. The molecule has 136 valence electrons. The minimum Gasteiger partial charge on any atom is -0.378 e. The number of nitrogens with two attached hydrogens (primary N) is 1. The predicted molar refractivity (Wildman–Crippen MR) is 98.6 cm³/mol. The molecule has 0 bridgehead atoms. The second kappa shape index (κ2) is 8.23. The molecule has 0 radical (unpaired) electrons. The van der Waals surface area contributed by atoms with E-state index in [1.165, 1.54) is 0 Å². The van der Waals surface area contributed by atoms with Crippen molar-refractivity contribution in [2.75, 3.05) is 26.2 Å². The van der Waals surface area contributed by atoms with E-state index >= 15 is 0 Å². The number of rotatable bonds is 7. The molecule has 1 aliphatic rings. The number of benzene rings is 1. The Morgan fingerprint density at radius 1 is 1.20 bits per heavy atom. The van der Waals surface area contributed by atoms with Gasteiger partial charge in [-0.05, 0) is 37.4 Å². The zero-order chi connectivity index (χ0) is 17.7. The highest BCUT2D eigenvalue weighted by Gasteiger charge is 2.28.